The Morgan fingerprint density at radius 2 is 1.83 bits per heavy atom. The van der Waals surface area contributed by atoms with Crippen molar-refractivity contribution >= 4 is 33.8 Å². The third kappa shape index (κ3) is 5.65. The Bertz CT molecular complexity index is 970. The maximum atomic E-state index is 13.0. The van der Waals surface area contributed by atoms with Gasteiger partial charge in [-0.05, 0) is 36.8 Å². The molecule has 1 aliphatic rings. The van der Waals surface area contributed by atoms with Crippen LogP contribution in [-0.2, 0) is 10.0 Å². The Kier molecular flexibility index (Phi) is 8.10. The van der Waals surface area contributed by atoms with E-state index in [0.717, 1.165) is 37.4 Å². The molecule has 1 heterocycles. The predicted octanol–water partition coefficient (Wildman–Crippen LogP) is 3.24. The molecule has 1 saturated heterocycles. The lowest BCUT2D eigenvalue weighted by molar-refractivity contribution is -0.0493. The van der Waals surface area contributed by atoms with E-state index in [1.165, 1.54) is 31.4 Å². The average Bonchev–Trinajstić information content (AvgIpc) is 2.69. The Morgan fingerprint density at radius 3 is 2.47 bits per heavy atom. The number of hydrogen-bond acceptors (Lipinski definition) is 6. The highest BCUT2D eigenvalue weighted by atomic mass is 35.5. The van der Waals surface area contributed by atoms with Crippen LogP contribution in [-0.4, -0.2) is 48.3 Å². The minimum absolute atomic E-state index is 0. The second-order valence-corrected chi connectivity index (χ2v) is 8.21. The highest BCUT2D eigenvalue weighted by molar-refractivity contribution is 7.92. The van der Waals surface area contributed by atoms with Gasteiger partial charge in [-0.1, -0.05) is 6.07 Å². The summed E-state index contributed by atoms with van der Waals surface area (Å²) >= 11 is 0. The number of alkyl halides is 2. The van der Waals surface area contributed by atoms with Crippen LogP contribution in [0.25, 0.3) is 0 Å². The number of rotatable bonds is 7. The van der Waals surface area contributed by atoms with Gasteiger partial charge in [0.15, 0.2) is 0 Å². The molecule has 0 amide bonds. The largest absolute Gasteiger partial charge is 0.497 e. The molecule has 0 unspecified atom stereocenters. The van der Waals surface area contributed by atoms with Crippen LogP contribution in [0.5, 0.6) is 11.5 Å². The number of piperazine rings is 1. The predicted molar refractivity (Wildman–Crippen MR) is 114 cm³/mol. The quantitative estimate of drug-likeness (QED) is 0.656. The van der Waals surface area contributed by atoms with Crippen molar-refractivity contribution in [2.75, 3.05) is 42.9 Å². The lowest BCUT2D eigenvalue weighted by Gasteiger charge is -2.31. The van der Waals surface area contributed by atoms with Crippen molar-refractivity contribution in [1.82, 2.24) is 5.32 Å². The van der Waals surface area contributed by atoms with Crippen LogP contribution in [0.3, 0.4) is 0 Å². The Hall–Kier alpha value is -2.30. The highest BCUT2D eigenvalue weighted by Crippen LogP contribution is 2.33. The van der Waals surface area contributed by atoms with E-state index in [1.807, 2.05) is 6.92 Å². The van der Waals surface area contributed by atoms with E-state index in [-0.39, 0.29) is 28.7 Å². The van der Waals surface area contributed by atoms with Crippen LogP contribution < -0.4 is 24.4 Å². The van der Waals surface area contributed by atoms with E-state index in [0.29, 0.717) is 5.75 Å². The van der Waals surface area contributed by atoms with Crippen molar-refractivity contribution in [3.05, 3.63) is 42.0 Å². The summed E-state index contributed by atoms with van der Waals surface area (Å²) in [4.78, 5) is 2.14. The van der Waals surface area contributed by atoms with Crippen molar-refractivity contribution in [2.45, 2.75) is 18.4 Å². The van der Waals surface area contributed by atoms with Gasteiger partial charge in [-0.3, -0.25) is 4.72 Å². The van der Waals surface area contributed by atoms with E-state index in [9.17, 15) is 17.2 Å². The first kappa shape index (κ1) is 24.0. The van der Waals surface area contributed by atoms with E-state index in [1.54, 1.807) is 12.1 Å². The average molecular weight is 464 g/mol. The molecule has 0 bridgehead atoms. The van der Waals surface area contributed by atoms with Crippen LogP contribution >= 0.6 is 12.4 Å². The zero-order chi connectivity index (χ0) is 21.0. The van der Waals surface area contributed by atoms with Crippen LogP contribution in [0.15, 0.2) is 41.3 Å². The summed E-state index contributed by atoms with van der Waals surface area (Å²) in [6, 6.07) is 8.73. The van der Waals surface area contributed by atoms with Gasteiger partial charge in [-0.2, -0.15) is 8.78 Å². The SMILES string of the molecule is COc1ccc(OC(F)F)c(NS(=O)(=O)c2ccc(C)c(N3CCNCC3)c2)c1.Cl. The molecular formula is C19H24ClF2N3O4S. The molecule has 1 aliphatic heterocycles. The third-order valence-corrected chi connectivity index (χ3v) is 5.96. The maximum absolute atomic E-state index is 13.0. The van der Waals surface area contributed by atoms with Crippen LogP contribution in [0.1, 0.15) is 5.56 Å². The fourth-order valence-electron chi connectivity index (χ4n) is 3.12. The number of benzene rings is 2. The van der Waals surface area contributed by atoms with Crippen LogP contribution in [0, 0.1) is 6.92 Å². The van der Waals surface area contributed by atoms with Crippen molar-refractivity contribution in [2.24, 2.45) is 0 Å². The van der Waals surface area contributed by atoms with Gasteiger partial charge in [0.2, 0.25) is 0 Å². The molecule has 1 fully saturated rings. The Morgan fingerprint density at radius 1 is 1.13 bits per heavy atom. The van der Waals surface area contributed by atoms with Gasteiger partial charge < -0.3 is 19.7 Å². The molecule has 0 aliphatic carbocycles. The van der Waals surface area contributed by atoms with Gasteiger partial charge in [-0.15, -0.1) is 12.4 Å². The third-order valence-electron chi connectivity index (χ3n) is 4.60. The normalized spacial score (nSPS) is 14.2. The molecule has 0 aromatic heterocycles. The fourth-order valence-corrected chi connectivity index (χ4v) is 4.20. The van der Waals surface area contributed by atoms with Gasteiger partial charge in [0, 0.05) is 37.9 Å². The molecule has 166 valence electrons. The molecule has 30 heavy (non-hydrogen) atoms. The molecule has 0 atom stereocenters. The summed E-state index contributed by atoms with van der Waals surface area (Å²) in [5.41, 5.74) is 1.65. The molecule has 0 radical (unpaired) electrons. The Labute approximate surface area is 180 Å². The molecule has 3 rings (SSSR count). The topological polar surface area (TPSA) is 79.9 Å². The van der Waals surface area contributed by atoms with Crippen molar-refractivity contribution in [1.29, 1.82) is 0 Å². The number of ether oxygens (including phenoxy) is 2. The maximum Gasteiger partial charge on any atom is 0.387 e. The summed E-state index contributed by atoms with van der Waals surface area (Å²) in [5.74, 6) is 0.00791. The van der Waals surface area contributed by atoms with Gasteiger partial charge in [0.25, 0.3) is 10.0 Å². The number of methoxy groups -OCH3 is 1. The summed E-state index contributed by atoms with van der Waals surface area (Å²) in [7, 11) is -2.66. The van der Waals surface area contributed by atoms with E-state index >= 15 is 0 Å². The van der Waals surface area contributed by atoms with Gasteiger partial charge in [0.1, 0.15) is 11.5 Å². The van der Waals surface area contributed by atoms with Crippen molar-refractivity contribution in [3.8, 4) is 11.5 Å². The zero-order valence-electron chi connectivity index (χ0n) is 16.5. The number of halogens is 3. The van der Waals surface area contributed by atoms with Crippen molar-refractivity contribution < 1.29 is 26.7 Å². The van der Waals surface area contributed by atoms with Crippen molar-refractivity contribution in [3.63, 3.8) is 0 Å². The first-order valence-electron chi connectivity index (χ1n) is 9.02. The number of nitrogens with one attached hydrogen (secondary N) is 2. The first-order chi connectivity index (χ1) is 13.8. The highest BCUT2D eigenvalue weighted by Gasteiger charge is 2.21. The van der Waals surface area contributed by atoms with Crippen LogP contribution in [0.4, 0.5) is 20.2 Å². The summed E-state index contributed by atoms with van der Waals surface area (Å²) in [5, 5.41) is 3.25. The van der Waals surface area contributed by atoms with E-state index < -0.39 is 16.6 Å². The molecular weight excluding hydrogens is 440 g/mol. The molecule has 0 spiro atoms. The standard InChI is InChI=1S/C19H23F2N3O4S.ClH/c1-13-3-5-15(12-17(13)24-9-7-22-8-10-24)29(25,26)23-16-11-14(27-2)4-6-18(16)28-19(20)21;/h3-6,11-12,19,22-23H,7-10H2,1-2H3;1H. The second kappa shape index (κ2) is 10.1. The van der Waals surface area contributed by atoms with E-state index in [4.69, 9.17) is 4.74 Å². The van der Waals surface area contributed by atoms with Gasteiger partial charge >= 0.3 is 6.61 Å². The summed E-state index contributed by atoms with van der Waals surface area (Å²) < 4.78 is 63.1. The number of aryl methyl sites for hydroxylation is 1. The smallest absolute Gasteiger partial charge is 0.387 e. The molecule has 2 aromatic carbocycles. The lowest BCUT2D eigenvalue weighted by atomic mass is 10.1. The van der Waals surface area contributed by atoms with E-state index in [2.05, 4.69) is 19.7 Å². The molecule has 7 nitrogen and oxygen atoms in total. The summed E-state index contributed by atoms with van der Waals surface area (Å²) in [6.07, 6.45) is 0. The lowest BCUT2D eigenvalue weighted by Crippen LogP contribution is -2.43. The first-order valence-corrected chi connectivity index (χ1v) is 10.5. The number of nitrogens with zero attached hydrogens (tertiary/aromatic N) is 1. The van der Waals surface area contributed by atoms with Gasteiger partial charge in [-0.25, -0.2) is 8.42 Å². The molecule has 2 aromatic rings. The monoisotopic (exact) mass is 463 g/mol. The number of sulfonamides is 1. The molecule has 0 saturated carbocycles. The molecule has 2 N–H and O–H groups in total. The fraction of sp³-hybridized carbons (Fsp3) is 0.368. The number of hydrogen-bond donors (Lipinski definition) is 2. The van der Waals surface area contributed by atoms with Crippen LogP contribution in [0.2, 0.25) is 0 Å². The number of anilines is 2. The molecule has 11 heteroatoms. The second-order valence-electron chi connectivity index (χ2n) is 6.53. The minimum Gasteiger partial charge on any atom is -0.497 e. The summed E-state index contributed by atoms with van der Waals surface area (Å²) in [6.45, 7) is 1.97. The Balaban J connectivity index is 0.00000320. The minimum atomic E-state index is -4.05. The zero-order valence-corrected chi connectivity index (χ0v) is 18.2. The van der Waals surface area contributed by atoms with Gasteiger partial charge in [0.05, 0.1) is 17.7 Å².